The summed E-state index contributed by atoms with van der Waals surface area (Å²) in [5, 5.41) is 5.36. The number of thiazole rings is 1. The second-order valence-corrected chi connectivity index (χ2v) is 6.22. The van der Waals surface area contributed by atoms with Gasteiger partial charge in [-0.1, -0.05) is 6.92 Å². The van der Waals surface area contributed by atoms with E-state index in [4.69, 9.17) is 5.73 Å². The van der Waals surface area contributed by atoms with Crippen LogP contribution in [-0.2, 0) is 4.79 Å². The van der Waals surface area contributed by atoms with Crippen molar-refractivity contribution in [1.29, 1.82) is 0 Å². The van der Waals surface area contributed by atoms with E-state index in [1.54, 1.807) is 18.3 Å². The van der Waals surface area contributed by atoms with E-state index in [1.165, 1.54) is 16.2 Å². The van der Waals surface area contributed by atoms with Gasteiger partial charge in [-0.3, -0.25) is 4.79 Å². The number of carbonyl (C=O) groups excluding carboxylic acids is 1. The van der Waals surface area contributed by atoms with Crippen molar-refractivity contribution in [3.8, 4) is 10.6 Å². The van der Waals surface area contributed by atoms with Gasteiger partial charge in [0.1, 0.15) is 0 Å². The molecule has 2 aromatic heterocycles. The van der Waals surface area contributed by atoms with Crippen molar-refractivity contribution in [3.63, 3.8) is 0 Å². The number of nitrogens with one attached hydrogen (secondary N) is 1. The van der Waals surface area contributed by atoms with Crippen molar-refractivity contribution in [1.82, 2.24) is 4.98 Å². The molecular formula is C12H16ClN3OS2. The van der Waals surface area contributed by atoms with Crippen LogP contribution in [-0.4, -0.2) is 17.4 Å². The summed E-state index contributed by atoms with van der Waals surface area (Å²) < 4.78 is 0. The van der Waals surface area contributed by atoms with Crippen LogP contribution in [0.5, 0.6) is 0 Å². The highest BCUT2D eigenvalue weighted by Crippen LogP contribution is 2.30. The monoisotopic (exact) mass is 317 g/mol. The van der Waals surface area contributed by atoms with Gasteiger partial charge in [0.25, 0.3) is 0 Å². The Bertz CT molecular complexity index is 553. The fourth-order valence-electron chi connectivity index (χ4n) is 1.35. The molecule has 19 heavy (non-hydrogen) atoms. The number of aromatic nitrogens is 1. The first kappa shape index (κ1) is 16.1. The van der Waals surface area contributed by atoms with Gasteiger partial charge in [-0.05, 0) is 19.1 Å². The number of amides is 1. The fraction of sp³-hybridized carbons (Fsp3) is 0.333. The fourth-order valence-corrected chi connectivity index (χ4v) is 2.97. The molecule has 0 saturated carbocycles. The molecule has 0 aliphatic heterocycles. The predicted octanol–water partition coefficient (Wildman–Crippen LogP) is 3.14. The minimum Gasteiger partial charge on any atom is -0.330 e. The Hall–Kier alpha value is -0.950. The molecule has 0 saturated heterocycles. The molecular weight excluding hydrogens is 302 g/mol. The highest BCUT2D eigenvalue weighted by atomic mass is 35.5. The van der Waals surface area contributed by atoms with Gasteiger partial charge in [0.05, 0.1) is 10.6 Å². The number of halogens is 1. The molecule has 0 fully saturated rings. The Morgan fingerprint density at radius 3 is 2.84 bits per heavy atom. The molecule has 1 unspecified atom stereocenters. The largest absolute Gasteiger partial charge is 0.330 e. The van der Waals surface area contributed by atoms with E-state index in [9.17, 15) is 4.79 Å². The Kier molecular flexibility index (Phi) is 5.93. The van der Waals surface area contributed by atoms with E-state index in [0.29, 0.717) is 11.7 Å². The van der Waals surface area contributed by atoms with Gasteiger partial charge in [-0.25, -0.2) is 4.98 Å². The zero-order chi connectivity index (χ0) is 13.1. The smallest absolute Gasteiger partial charge is 0.230 e. The van der Waals surface area contributed by atoms with E-state index in [-0.39, 0.29) is 24.2 Å². The van der Waals surface area contributed by atoms with Gasteiger partial charge < -0.3 is 11.1 Å². The number of hydrogen-bond donors (Lipinski definition) is 2. The van der Waals surface area contributed by atoms with Gasteiger partial charge in [0, 0.05) is 22.7 Å². The topological polar surface area (TPSA) is 68.0 Å². The summed E-state index contributed by atoms with van der Waals surface area (Å²) in [6, 6.07) is 4.11. The maximum Gasteiger partial charge on any atom is 0.230 e. The van der Waals surface area contributed by atoms with E-state index < -0.39 is 0 Å². The van der Waals surface area contributed by atoms with E-state index in [2.05, 4.69) is 23.3 Å². The number of nitrogens with two attached hydrogens (primary N) is 1. The molecule has 0 spiro atoms. The van der Waals surface area contributed by atoms with Crippen molar-refractivity contribution >= 4 is 46.1 Å². The normalized spacial score (nSPS) is 11.7. The summed E-state index contributed by atoms with van der Waals surface area (Å²) in [5.41, 5.74) is 6.36. The Labute approximate surface area is 126 Å². The quantitative estimate of drug-likeness (QED) is 0.910. The molecule has 2 aromatic rings. The number of nitrogens with zero attached hydrogens (tertiary/aromatic N) is 1. The molecule has 0 aromatic carbocycles. The van der Waals surface area contributed by atoms with E-state index in [1.807, 2.05) is 11.4 Å². The zero-order valence-electron chi connectivity index (χ0n) is 10.7. The lowest BCUT2D eigenvalue weighted by Gasteiger charge is -2.06. The molecule has 0 aliphatic rings. The lowest BCUT2D eigenvalue weighted by Crippen LogP contribution is -2.26. The van der Waals surface area contributed by atoms with Crippen LogP contribution in [0.3, 0.4) is 0 Å². The molecule has 0 aliphatic carbocycles. The lowest BCUT2D eigenvalue weighted by molar-refractivity contribution is -0.119. The molecule has 104 valence electrons. The molecule has 2 rings (SSSR count). The molecule has 0 radical (unpaired) electrons. The second-order valence-electron chi connectivity index (χ2n) is 4.07. The summed E-state index contributed by atoms with van der Waals surface area (Å²) in [5.74, 6) is -0.276. The number of thiophene rings is 1. The standard InChI is InChI=1S/C12H15N3OS2.ClH/c1-7(5-13)11(16)15-12-14-9(6-17-12)10-4-3-8(2)18-10;/h3-4,6-7H,5,13H2,1-2H3,(H,14,15,16);1H. The van der Waals surface area contributed by atoms with Gasteiger partial charge in [0.15, 0.2) is 5.13 Å². The van der Waals surface area contributed by atoms with Crippen molar-refractivity contribution in [2.75, 3.05) is 11.9 Å². The second kappa shape index (κ2) is 7.00. The molecule has 1 amide bonds. The maximum absolute atomic E-state index is 11.7. The maximum atomic E-state index is 11.7. The van der Waals surface area contributed by atoms with Gasteiger partial charge in [-0.2, -0.15) is 0 Å². The third kappa shape index (κ3) is 4.01. The number of rotatable bonds is 4. The van der Waals surface area contributed by atoms with Crippen LogP contribution in [0, 0.1) is 12.8 Å². The van der Waals surface area contributed by atoms with Crippen LogP contribution >= 0.6 is 35.1 Å². The average Bonchev–Trinajstić information content (AvgIpc) is 2.96. The van der Waals surface area contributed by atoms with Crippen LogP contribution in [0.15, 0.2) is 17.5 Å². The minimum atomic E-state index is -0.193. The zero-order valence-corrected chi connectivity index (χ0v) is 13.1. The summed E-state index contributed by atoms with van der Waals surface area (Å²) in [4.78, 5) is 18.4. The van der Waals surface area contributed by atoms with E-state index in [0.717, 1.165) is 10.6 Å². The van der Waals surface area contributed by atoms with Crippen molar-refractivity contribution in [3.05, 3.63) is 22.4 Å². The van der Waals surface area contributed by atoms with Gasteiger partial charge in [0.2, 0.25) is 5.91 Å². The first-order valence-electron chi connectivity index (χ1n) is 5.63. The molecule has 1 atom stereocenters. The Morgan fingerprint density at radius 2 is 2.26 bits per heavy atom. The summed E-state index contributed by atoms with van der Waals surface area (Å²) in [7, 11) is 0. The van der Waals surface area contributed by atoms with Gasteiger partial charge in [-0.15, -0.1) is 35.1 Å². The minimum absolute atomic E-state index is 0. The molecule has 7 heteroatoms. The van der Waals surface area contributed by atoms with Crippen LogP contribution < -0.4 is 11.1 Å². The Balaban J connectivity index is 0.00000180. The van der Waals surface area contributed by atoms with Crippen LogP contribution in [0.25, 0.3) is 10.6 Å². The number of anilines is 1. The molecule has 3 N–H and O–H groups in total. The van der Waals surface area contributed by atoms with Crippen molar-refractivity contribution in [2.45, 2.75) is 13.8 Å². The Morgan fingerprint density at radius 1 is 1.53 bits per heavy atom. The number of carbonyl (C=O) groups is 1. The summed E-state index contributed by atoms with van der Waals surface area (Å²) >= 11 is 3.13. The van der Waals surface area contributed by atoms with Crippen molar-refractivity contribution < 1.29 is 4.79 Å². The third-order valence-electron chi connectivity index (χ3n) is 2.53. The third-order valence-corrected chi connectivity index (χ3v) is 4.31. The molecule has 0 bridgehead atoms. The first-order valence-corrected chi connectivity index (χ1v) is 7.33. The van der Waals surface area contributed by atoms with Crippen LogP contribution in [0.1, 0.15) is 11.8 Å². The predicted molar refractivity (Wildman–Crippen MR) is 84.3 cm³/mol. The van der Waals surface area contributed by atoms with Crippen LogP contribution in [0.4, 0.5) is 5.13 Å². The lowest BCUT2D eigenvalue weighted by atomic mass is 10.2. The SMILES string of the molecule is Cc1ccc(-c2csc(NC(=O)C(C)CN)n2)s1.Cl. The number of hydrogen-bond acceptors (Lipinski definition) is 5. The molecule has 4 nitrogen and oxygen atoms in total. The highest BCUT2D eigenvalue weighted by molar-refractivity contribution is 7.17. The molecule has 2 heterocycles. The van der Waals surface area contributed by atoms with Crippen LogP contribution in [0.2, 0.25) is 0 Å². The first-order chi connectivity index (χ1) is 8.60. The highest BCUT2D eigenvalue weighted by Gasteiger charge is 2.13. The van der Waals surface area contributed by atoms with Gasteiger partial charge >= 0.3 is 0 Å². The number of aryl methyl sites for hydroxylation is 1. The summed E-state index contributed by atoms with van der Waals surface area (Å²) in [6.45, 7) is 4.20. The summed E-state index contributed by atoms with van der Waals surface area (Å²) in [6.07, 6.45) is 0. The average molecular weight is 318 g/mol. The van der Waals surface area contributed by atoms with E-state index >= 15 is 0 Å². The van der Waals surface area contributed by atoms with Crippen molar-refractivity contribution in [2.24, 2.45) is 11.7 Å².